The van der Waals surface area contributed by atoms with Gasteiger partial charge in [-0.25, -0.2) is 0 Å². The highest BCUT2D eigenvalue weighted by molar-refractivity contribution is 4.99. The van der Waals surface area contributed by atoms with Gasteiger partial charge >= 0.3 is 0 Å². The quantitative estimate of drug-likeness (QED) is 0.348. The van der Waals surface area contributed by atoms with Crippen LogP contribution in [0.5, 0.6) is 0 Å². The van der Waals surface area contributed by atoms with Crippen LogP contribution in [0.3, 0.4) is 0 Å². The fourth-order valence-corrected chi connectivity index (χ4v) is 2.39. The van der Waals surface area contributed by atoms with Gasteiger partial charge < -0.3 is 25.8 Å². The summed E-state index contributed by atoms with van der Waals surface area (Å²) in [4.78, 5) is 0. The van der Waals surface area contributed by atoms with Gasteiger partial charge in [0.25, 0.3) is 0 Å². The number of nitrogens with one attached hydrogen (secondary N) is 2. The molecule has 0 atom stereocenters. The molecule has 5 nitrogen and oxygen atoms in total. The van der Waals surface area contributed by atoms with E-state index in [4.69, 9.17) is 15.2 Å². The Labute approximate surface area is 168 Å². The van der Waals surface area contributed by atoms with Crippen LogP contribution in [0.2, 0.25) is 0 Å². The fraction of sp³-hybridized carbons (Fsp3) is 0.909. The number of hydrogen-bond acceptors (Lipinski definition) is 5. The van der Waals surface area contributed by atoms with Crippen molar-refractivity contribution in [2.75, 3.05) is 33.4 Å². The van der Waals surface area contributed by atoms with Gasteiger partial charge in [0, 0.05) is 43.6 Å². The molecular formula is C22H47N3O2. The second-order valence-corrected chi connectivity index (χ2v) is 9.62. The molecule has 0 heterocycles. The van der Waals surface area contributed by atoms with Crippen LogP contribution in [0, 0.1) is 5.41 Å². The maximum absolute atomic E-state index is 6.15. The number of rotatable bonds is 16. The highest BCUT2D eigenvalue weighted by Gasteiger charge is 2.22. The Bertz CT molecular complexity index is 418. The topological polar surface area (TPSA) is 68.5 Å². The Morgan fingerprint density at radius 1 is 1.04 bits per heavy atom. The first kappa shape index (κ1) is 26.2. The second-order valence-electron chi connectivity index (χ2n) is 9.62. The van der Waals surface area contributed by atoms with Crippen molar-refractivity contribution < 1.29 is 9.47 Å². The molecule has 0 rings (SSSR count). The summed E-state index contributed by atoms with van der Waals surface area (Å²) in [5.74, 6) is 0. The predicted molar refractivity (Wildman–Crippen MR) is 117 cm³/mol. The summed E-state index contributed by atoms with van der Waals surface area (Å²) in [6, 6.07) is 0. The standard InChI is InChI=1S/C22H47N3O2/c1-9-20(2,3)18-26-14-11-10-13-25-17-19(23)16-22(6,7)27-15-12-21(4,5)24-8/h17,24-25H,9-16,18,23H2,1-8H3/b19-17-. The van der Waals surface area contributed by atoms with E-state index in [2.05, 4.69) is 59.1 Å². The van der Waals surface area contributed by atoms with Gasteiger partial charge in [-0.05, 0) is 65.8 Å². The summed E-state index contributed by atoms with van der Waals surface area (Å²) in [5.41, 5.74) is 7.10. The molecule has 0 fully saturated rings. The van der Waals surface area contributed by atoms with Gasteiger partial charge in [0.05, 0.1) is 12.2 Å². The van der Waals surface area contributed by atoms with Gasteiger partial charge in [-0.3, -0.25) is 0 Å². The second kappa shape index (κ2) is 12.6. The molecule has 0 aromatic rings. The lowest BCUT2D eigenvalue weighted by Gasteiger charge is -2.29. The lowest BCUT2D eigenvalue weighted by atomic mass is 9.92. The summed E-state index contributed by atoms with van der Waals surface area (Å²) in [6.45, 7) is 18.5. The molecule has 0 aliphatic carbocycles. The van der Waals surface area contributed by atoms with Crippen molar-refractivity contribution in [3.63, 3.8) is 0 Å². The van der Waals surface area contributed by atoms with Crippen molar-refractivity contribution in [3.8, 4) is 0 Å². The zero-order valence-corrected chi connectivity index (χ0v) is 19.3. The van der Waals surface area contributed by atoms with Crippen molar-refractivity contribution in [3.05, 3.63) is 11.9 Å². The van der Waals surface area contributed by atoms with Crippen LogP contribution in [-0.2, 0) is 9.47 Å². The van der Waals surface area contributed by atoms with Crippen molar-refractivity contribution in [2.24, 2.45) is 11.1 Å². The van der Waals surface area contributed by atoms with Gasteiger partial charge in [-0.15, -0.1) is 0 Å². The molecule has 162 valence electrons. The number of unbranched alkanes of at least 4 members (excludes halogenated alkanes) is 1. The molecule has 27 heavy (non-hydrogen) atoms. The summed E-state index contributed by atoms with van der Waals surface area (Å²) in [7, 11) is 1.98. The molecule has 0 aliphatic heterocycles. The smallest absolute Gasteiger partial charge is 0.0681 e. The maximum Gasteiger partial charge on any atom is 0.0681 e. The Balaban J connectivity index is 3.88. The largest absolute Gasteiger partial charge is 0.401 e. The molecule has 0 unspecified atom stereocenters. The molecule has 0 aliphatic rings. The van der Waals surface area contributed by atoms with Crippen LogP contribution in [0.25, 0.3) is 0 Å². The van der Waals surface area contributed by atoms with E-state index in [1.807, 2.05) is 13.2 Å². The Morgan fingerprint density at radius 3 is 2.30 bits per heavy atom. The van der Waals surface area contributed by atoms with Gasteiger partial charge in [-0.1, -0.05) is 20.8 Å². The third kappa shape index (κ3) is 14.9. The van der Waals surface area contributed by atoms with Crippen LogP contribution in [-0.4, -0.2) is 44.6 Å². The van der Waals surface area contributed by atoms with E-state index in [1.165, 1.54) is 0 Å². The normalized spacial score (nSPS) is 13.9. The van der Waals surface area contributed by atoms with Crippen molar-refractivity contribution in [1.29, 1.82) is 0 Å². The summed E-state index contributed by atoms with van der Waals surface area (Å²) in [5, 5.41) is 6.60. The third-order valence-electron chi connectivity index (χ3n) is 5.12. The first-order chi connectivity index (χ1) is 12.4. The minimum Gasteiger partial charge on any atom is -0.401 e. The SMILES string of the molecule is CCC(C)(C)COCCCCN/C=C(\N)CC(C)(C)OCCC(C)(C)NC. The van der Waals surface area contributed by atoms with Gasteiger partial charge in [0.2, 0.25) is 0 Å². The third-order valence-corrected chi connectivity index (χ3v) is 5.12. The molecule has 0 saturated carbocycles. The van der Waals surface area contributed by atoms with E-state index in [9.17, 15) is 0 Å². The Kier molecular flexibility index (Phi) is 12.3. The van der Waals surface area contributed by atoms with Crippen LogP contribution in [0.4, 0.5) is 0 Å². The van der Waals surface area contributed by atoms with E-state index in [0.29, 0.717) is 0 Å². The highest BCUT2D eigenvalue weighted by atomic mass is 16.5. The molecule has 0 radical (unpaired) electrons. The minimum atomic E-state index is -0.258. The molecule has 0 saturated heterocycles. The Hall–Kier alpha value is -0.780. The van der Waals surface area contributed by atoms with Gasteiger partial charge in [-0.2, -0.15) is 0 Å². The minimum absolute atomic E-state index is 0.0923. The van der Waals surface area contributed by atoms with Crippen molar-refractivity contribution in [1.82, 2.24) is 10.6 Å². The highest BCUT2D eigenvalue weighted by Crippen LogP contribution is 2.20. The molecule has 0 spiro atoms. The average molecular weight is 386 g/mol. The molecule has 0 bridgehead atoms. The van der Waals surface area contributed by atoms with E-state index >= 15 is 0 Å². The molecule has 0 amide bonds. The van der Waals surface area contributed by atoms with E-state index < -0.39 is 0 Å². The van der Waals surface area contributed by atoms with Crippen LogP contribution >= 0.6 is 0 Å². The fourth-order valence-electron chi connectivity index (χ4n) is 2.39. The summed E-state index contributed by atoms with van der Waals surface area (Å²) < 4.78 is 11.8. The zero-order valence-electron chi connectivity index (χ0n) is 19.3. The molecular weight excluding hydrogens is 338 g/mol. The summed E-state index contributed by atoms with van der Waals surface area (Å²) in [6.07, 6.45) is 6.89. The van der Waals surface area contributed by atoms with Gasteiger partial charge in [0.1, 0.15) is 0 Å². The van der Waals surface area contributed by atoms with Gasteiger partial charge in [0.15, 0.2) is 0 Å². The van der Waals surface area contributed by atoms with E-state index in [-0.39, 0.29) is 16.6 Å². The molecule has 4 N–H and O–H groups in total. The first-order valence-corrected chi connectivity index (χ1v) is 10.5. The monoisotopic (exact) mass is 385 g/mol. The van der Waals surface area contributed by atoms with Crippen LogP contribution in [0.15, 0.2) is 11.9 Å². The van der Waals surface area contributed by atoms with Crippen LogP contribution < -0.4 is 16.4 Å². The molecule has 5 heteroatoms. The predicted octanol–water partition coefficient (Wildman–Crippen LogP) is 4.18. The summed E-state index contributed by atoms with van der Waals surface area (Å²) >= 11 is 0. The van der Waals surface area contributed by atoms with Crippen LogP contribution in [0.1, 0.15) is 80.6 Å². The lowest BCUT2D eigenvalue weighted by Crippen LogP contribution is -2.38. The first-order valence-electron chi connectivity index (χ1n) is 10.5. The Morgan fingerprint density at radius 2 is 1.70 bits per heavy atom. The number of nitrogens with two attached hydrogens (primary N) is 1. The average Bonchev–Trinajstić information content (AvgIpc) is 2.56. The molecule has 0 aromatic heterocycles. The van der Waals surface area contributed by atoms with E-state index in [0.717, 1.165) is 64.2 Å². The number of ether oxygens (including phenoxy) is 2. The number of hydrogen-bond donors (Lipinski definition) is 3. The van der Waals surface area contributed by atoms with E-state index in [1.54, 1.807) is 0 Å². The molecule has 0 aromatic carbocycles. The lowest BCUT2D eigenvalue weighted by molar-refractivity contribution is -0.0245. The maximum atomic E-state index is 6.15. The van der Waals surface area contributed by atoms with Crippen molar-refractivity contribution in [2.45, 2.75) is 91.7 Å². The van der Waals surface area contributed by atoms with Crippen molar-refractivity contribution >= 4 is 0 Å². The zero-order chi connectivity index (χ0) is 21.0.